The van der Waals surface area contributed by atoms with Gasteiger partial charge >= 0.3 is 0 Å². The predicted octanol–water partition coefficient (Wildman–Crippen LogP) is 2.96. The maximum atomic E-state index is 12.5. The van der Waals surface area contributed by atoms with E-state index in [0.29, 0.717) is 30.1 Å². The molecule has 0 aliphatic rings. The molecule has 5 heteroatoms. The average Bonchev–Trinajstić information content (AvgIpc) is 2.60. The number of carbonyl (C=O) groups excluding carboxylic acids is 1. The number of para-hydroxylation sites is 1. The minimum atomic E-state index is -0.166. The summed E-state index contributed by atoms with van der Waals surface area (Å²) in [7, 11) is 0. The van der Waals surface area contributed by atoms with Crippen molar-refractivity contribution in [3.05, 3.63) is 66.0 Å². The van der Waals surface area contributed by atoms with Crippen molar-refractivity contribution in [1.29, 1.82) is 0 Å². The Morgan fingerprint density at radius 1 is 1.09 bits per heavy atom. The van der Waals surface area contributed by atoms with Crippen molar-refractivity contribution < 1.29 is 9.53 Å². The van der Waals surface area contributed by atoms with Crippen LogP contribution in [0.4, 0.5) is 0 Å². The Balaban J connectivity index is 1.80. The van der Waals surface area contributed by atoms with Gasteiger partial charge in [-0.25, -0.2) is 4.98 Å². The zero-order valence-corrected chi connectivity index (χ0v) is 12.8. The van der Waals surface area contributed by atoms with E-state index < -0.39 is 0 Å². The van der Waals surface area contributed by atoms with Crippen LogP contribution in [-0.2, 0) is 6.54 Å². The van der Waals surface area contributed by atoms with E-state index in [9.17, 15) is 4.79 Å². The van der Waals surface area contributed by atoms with Gasteiger partial charge in [-0.1, -0.05) is 24.3 Å². The van der Waals surface area contributed by atoms with E-state index in [1.165, 1.54) is 0 Å². The lowest BCUT2D eigenvalue weighted by Crippen LogP contribution is -2.23. The molecule has 0 fully saturated rings. The summed E-state index contributed by atoms with van der Waals surface area (Å²) in [5.41, 5.74) is 2.10. The molecule has 0 atom stereocenters. The van der Waals surface area contributed by atoms with Gasteiger partial charge in [-0.15, -0.1) is 0 Å². The predicted molar refractivity (Wildman–Crippen MR) is 88.3 cm³/mol. The van der Waals surface area contributed by atoms with Crippen LogP contribution >= 0.6 is 0 Å². The van der Waals surface area contributed by atoms with E-state index in [4.69, 9.17) is 4.74 Å². The molecule has 0 spiro atoms. The molecule has 1 aromatic carbocycles. The molecule has 0 unspecified atom stereocenters. The molecule has 116 valence electrons. The number of aromatic nitrogens is 2. The summed E-state index contributed by atoms with van der Waals surface area (Å²) < 4.78 is 5.47. The minimum absolute atomic E-state index is 0.166. The normalized spacial score (nSPS) is 10.5. The number of hydrogen-bond acceptors (Lipinski definition) is 4. The first-order valence-electron chi connectivity index (χ1n) is 7.48. The molecule has 2 heterocycles. The Morgan fingerprint density at radius 3 is 2.74 bits per heavy atom. The van der Waals surface area contributed by atoms with Gasteiger partial charge in [-0.2, -0.15) is 0 Å². The summed E-state index contributed by atoms with van der Waals surface area (Å²) >= 11 is 0. The molecule has 5 nitrogen and oxygen atoms in total. The van der Waals surface area contributed by atoms with Gasteiger partial charge in [0.05, 0.1) is 17.7 Å². The van der Waals surface area contributed by atoms with Crippen molar-refractivity contribution in [1.82, 2.24) is 15.3 Å². The van der Waals surface area contributed by atoms with Gasteiger partial charge in [0.15, 0.2) is 0 Å². The van der Waals surface area contributed by atoms with E-state index >= 15 is 0 Å². The molecule has 0 saturated heterocycles. The molecule has 23 heavy (non-hydrogen) atoms. The Morgan fingerprint density at radius 2 is 1.87 bits per heavy atom. The van der Waals surface area contributed by atoms with Gasteiger partial charge in [0, 0.05) is 29.9 Å². The molecule has 1 amide bonds. The van der Waals surface area contributed by atoms with Crippen LogP contribution in [0.1, 0.15) is 22.8 Å². The third-order valence-electron chi connectivity index (χ3n) is 3.45. The zero-order valence-electron chi connectivity index (χ0n) is 12.8. The lowest BCUT2D eigenvalue weighted by molar-refractivity contribution is 0.0952. The van der Waals surface area contributed by atoms with Crippen LogP contribution in [0.25, 0.3) is 10.9 Å². The highest BCUT2D eigenvalue weighted by atomic mass is 16.5. The van der Waals surface area contributed by atoms with Crippen molar-refractivity contribution in [2.75, 3.05) is 6.61 Å². The smallest absolute Gasteiger partial charge is 0.253 e. The SMILES string of the molecule is CCOc1ncccc1CNC(=O)c1cccc2cccnc12. The molecule has 0 aliphatic carbocycles. The highest BCUT2D eigenvalue weighted by molar-refractivity contribution is 6.05. The van der Waals surface area contributed by atoms with E-state index in [-0.39, 0.29) is 5.91 Å². The maximum absolute atomic E-state index is 12.5. The van der Waals surface area contributed by atoms with Gasteiger partial charge in [-0.05, 0) is 25.1 Å². The maximum Gasteiger partial charge on any atom is 0.253 e. The molecule has 0 aliphatic heterocycles. The summed E-state index contributed by atoms with van der Waals surface area (Å²) in [5, 5.41) is 3.85. The van der Waals surface area contributed by atoms with Gasteiger partial charge in [-0.3, -0.25) is 9.78 Å². The average molecular weight is 307 g/mol. The largest absolute Gasteiger partial charge is 0.478 e. The number of fused-ring (bicyclic) bond motifs is 1. The number of ether oxygens (including phenoxy) is 1. The minimum Gasteiger partial charge on any atom is -0.478 e. The highest BCUT2D eigenvalue weighted by Crippen LogP contribution is 2.17. The Bertz CT molecular complexity index is 828. The number of carbonyl (C=O) groups is 1. The van der Waals surface area contributed by atoms with Crippen LogP contribution in [0.3, 0.4) is 0 Å². The molecule has 2 aromatic heterocycles. The third-order valence-corrected chi connectivity index (χ3v) is 3.45. The molecule has 0 bridgehead atoms. The van der Waals surface area contributed by atoms with Crippen LogP contribution in [0.2, 0.25) is 0 Å². The number of nitrogens with one attached hydrogen (secondary N) is 1. The van der Waals surface area contributed by atoms with Crippen LogP contribution in [0, 0.1) is 0 Å². The fourth-order valence-electron chi connectivity index (χ4n) is 2.38. The van der Waals surface area contributed by atoms with Crippen LogP contribution in [-0.4, -0.2) is 22.5 Å². The Kier molecular flexibility index (Phi) is 4.47. The summed E-state index contributed by atoms with van der Waals surface area (Å²) in [6.07, 6.45) is 3.36. The van der Waals surface area contributed by atoms with Gasteiger partial charge in [0.25, 0.3) is 5.91 Å². The molecule has 3 rings (SSSR count). The lowest BCUT2D eigenvalue weighted by Gasteiger charge is -2.10. The second-order valence-electron chi connectivity index (χ2n) is 4.96. The Hall–Kier alpha value is -2.95. The Labute approximate surface area is 134 Å². The molecular formula is C18H17N3O2. The number of nitrogens with zero attached hydrogens (tertiary/aromatic N) is 2. The van der Waals surface area contributed by atoms with Crippen LogP contribution in [0.15, 0.2) is 54.9 Å². The number of hydrogen-bond donors (Lipinski definition) is 1. The van der Waals surface area contributed by atoms with Crippen molar-refractivity contribution in [3.63, 3.8) is 0 Å². The molecule has 3 aromatic rings. The second-order valence-corrected chi connectivity index (χ2v) is 4.96. The second kappa shape index (κ2) is 6.87. The number of amides is 1. The summed E-state index contributed by atoms with van der Waals surface area (Å²) in [6.45, 7) is 2.79. The first-order chi connectivity index (χ1) is 11.3. The van der Waals surface area contributed by atoms with Gasteiger partial charge in [0.1, 0.15) is 0 Å². The quantitative estimate of drug-likeness (QED) is 0.787. The number of rotatable bonds is 5. The molecule has 0 radical (unpaired) electrons. The van der Waals surface area contributed by atoms with Crippen molar-refractivity contribution in [2.45, 2.75) is 13.5 Å². The third kappa shape index (κ3) is 3.29. The number of pyridine rings is 2. The van der Waals surface area contributed by atoms with E-state index in [0.717, 1.165) is 10.9 Å². The van der Waals surface area contributed by atoms with E-state index in [1.54, 1.807) is 18.5 Å². The number of benzene rings is 1. The summed E-state index contributed by atoms with van der Waals surface area (Å²) in [5.74, 6) is 0.381. The topological polar surface area (TPSA) is 64.1 Å². The van der Waals surface area contributed by atoms with E-state index in [2.05, 4.69) is 15.3 Å². The van der Waals surface area contributed by atoms with Gasteiger partial charge < -0.3 is 10.1 Å². The monoisotopic (exact) mass is 307 g/mol. The summed E-state index contributed by atoms with van der Waals surface area (Å²) in [4.78, 5) is 21.0. The van der Waals surface area contributed by atoms with Crippen molar-refractivity contribution in [3.8, 4) is 5.88 Å². The van der Waals surface area contributed by atoms with Gasteiger partial charge in [0.2, 0.25) is 5.88 Å². The van der Waals surface area contributed by atoms with Crippen molar-refractivity contribution in [2.24, 2.45) is 0 Å². The zero-order chi connectivity index (χ0) is 16.1. The lowest BCUT2D eigenvalue weighted by atomic mass is 10.1. The first kappa shape index (κ1) is 15.0. The highest BCUT2D eigenvalue weighted by Gasteiger charge is 2.12. The molecular weight excluding hydrogens is 290 g/mol. The fourth-order valence-corrected chi connectivity index (χ4v) is 2.38. The summed E-state index contributed by atoms with van der Waals surface area (Å²) in [6, 6.07) is 13.1. The molecule has 0 saturated carbocycles. The first-order valence-corrected chi connectivity index (χ1v) is 7.48. The van der Waals surface area contributed by atoms with Crippen LogP contribution in [0.5, 0.6) is 5.88 Å². The van der Waals surface area contributed by atoms with E-state index in [1.807, 2.05) is 43.3 Å². The van der Waals surface area contributed by atoms with Crippen LogP contribution < -0.4 is 10.1 Å². The van der Waals surface area contributed by atoms with Crippen molar-refractivity contribution >= 4 is 16.8 Å². The standard InChI is InChI=1S/C18H17N3O2/c1-2-23-18-14(8-5-11-20-18)12-21-17(22)15-9-3-6-13-7-4-10-19-16(13)15/h3-11H,2,12H2,1H3,(H,21,22). The fraction of sp³-hybridized carbons (Fsp3) is 0.167. The molecule has 1 N–H and O–H groups in total.